The van der Waals surface area contributed by atoms with Crippen molar-refractivity contribution >= 4 is 17.2 Å². The molecular formula is C21H17FN4. The van der Waals surface area contributed by atoms with E-state index in [1.54, 1.807) is 18.2 Å². The number of hydrogen-bond acceptors (Lipinski definition) is 3. The number of hydrogen-bond donors (Lipinski definition) is 0. The van der Waals surface area contributed by atoms with Crippen molar-refractivity contribution in [2.45, 2.75) is 13.8 Å². The minimum atomic E-state index is -0.405. The molecule has 0 radical (unpaired) electrons. The Morgan fingerprint density at radius 3 is 2.54 bits per heavy atom. The highest BCUT2D eigenvalue weighted by Crippen LogP contribution is 2.34. The lowest BCUT2D eigenvalue weighted by Crippen LogP contribution is -1.86. The molecule has 5 heteroatoms. The molecule has 0 aliphatic heterocycles. The molecule has 128 valence electrons. The molecule has 26 heavy (non-hydrogen) atoms. The largest absolute Gasteiger partial charge is 0.283 e. The van der Waals surface area contributed by atoms with Crippen LogP contribution in [0.2, 0.25) is 0 Å². The van der Waals surface area contributed by atoms with E-state index in [0.717, 1.165) is 22.5 Å². The molecule has 0 aliphatic carbocycles. The van der Waals surface area contributed by atoms with Crippen LogP contribution in [0, 0.1) is 19.7 Å². The third kappa shape index (κ3) is 2.88. The van der Waals surface area contributed by atoms with Crippen molar-refractivity contribution in [1.29, 1.82) is 0 Å². The highest BCUT2D eigenvalue weighted by molar-refractivity contribution is 5.76. The van der Waals surface area contributed by atoms with Crippen molar-refractivity contribution < 1.29 is 4.39 Å². The van der Waals surface area contributed by atoms with Gasteiger partial charge in [0.05, 0.1) is 0 Å². The van der Waals surface area contributed by atoms with Gasteiger partial charge in [-0.1, -0.05) is 42.0 Å². The Kier molecular flexibility index (Phi) is 4.05. The van der Waals surface area contributed by atoms with Crippen molar-refractivity contribution in [3.8, 4) is 11.3 Å². The van der Waals surface area contributed by atoms with E-state index >= 15 is 0 Å². The number of azo groups is 1. The number of benzene rings is 2. The summed E-state index contributed by atoms with van der Waals surface area (Å²) in [6.45, 7) is 4.10. The topological polar surface area (TPSA) is 42.0 Å². The lowest BCUT2D eigenvalue weighted by molar-refractivity contribution is 0.628. The minimum Gasteiger partial charge on any atom is -0.283 e. The number of halogens is 1. The fraction of sp³-hybridized carbons (Fsp3) is 0.0952. The zero-order chi connectivity index (χ0) is 18.1. The fourth-order valence-electron chi connectivity index (χ4n) is 2.97. The lowest BCUT2D eigenvalue weighted by Gasteiger charge is -2.05. The first kappa shape index (κ1) is 16.1. The standard InChI is InChI=1S/C21H17FN4/c1-14-10-11-16(15(2)13-14)20-21(26-12-6-5-9-19(26)23-20)25-24-18-8-4-3-7-17(18)22/h3-13H,1-2H3. The summed E-state index contributed by atoms with van der Waals surface area (Å²) in [6, 6.07) is 18.3. The zero-order valence-corrected chi connectivity index (χ0v) is 14.5. The summed E-state index contributed by atoms with van der Waals surface area (Å²) in [4.78, 5) is 4.72. The van der Waals surface area contributed by atoms with Crippen LogP contribution in [-0.2, 0) is 0 Å². The van der Waals surface area contributed by atoms with Crippen LogP contribution < -0.4 is 0 Å². The Balaban J connectivity index is 1.91. The quantitative estimate of drug-likeness (QED) is 0.410. The van der Waals surface area contributed by atoms with E-state index in [4.69, 9.17) is 4.98 Å². The molecule has 0 spiro atoms. The van der Waals surface area contributed by atoms with Gasteiger partial charge in [0.1, 0.15) is 17.0 Å². The molecule has 2 heterocycles. The molecular weight excluding hydrogens is 327 g/mol. The first-order chi connectivity index (χ1) is 12.6. The van der Waals surface area contributed by atoms with Gasteiger partial charge in [-0.25, -0.2) is 9.37 Å². The molecule has 0 bridgehead atoms. The Hall–Kier alpha value is -3.34. The summed E-state index contributed by atoms with van der Waals surface area (Å²) >= 11 is 0. The minimum absolute atomic E-state index is 0.199. The van der Waals surface area contributed by atoms with Crippen molar-refractivity contribution in [3.05, 3.63) is 83.8 Å². The average molecular weight is 344 g/mol. The van der Waals surface area contributed by atoms with Crippen LogP contribution >= 0.6 is 0 Å². The van der Waals surface area contributed by atoms with E-state index in [1.807, 2.05) is 47.9 Å². The van der Waals surface area contributed by atoms with E-state index < -0.39 is 5.82 Å². The van der Waals surface area contributed by atoms with Crippen LogP contribution in [0.15, 0.2) is 77.1 Å². The molecule has 0 fully saturated rings. The van der Waals surface area contributed by atoms with Gasteiger partial charge in [-0.2, -0.15) is 0 Å². The maximum Gasteiger partial charge on any atom is 0.187 e. The molecule has 4 rings (SSSR count). The third-order valence-electron chi connectivity index (χ3n) is 4.25. The Morgan fingerprint density at radius 2 is 1.73 bits per heavy atom. The molecule has 0 atom stereocenters. The molecule has 0 aliphatic rings. The summed E-state index contributed by atoms with van der Waals surface area (Å²) in [5, 5.41) is 8.47. The smallest absolute Gasteiger partial charge is 0.187 e. The average Bonchev–Trinajstić information content (AvgIpc) is 2.99. The van der Waals surface area contributed by atoms with Crippen LogP contribution in [0.4, 0.5) is 15.9 Å². The van der Waals surface area contributed by atoms with E-state index in [-0.39, 0.29) is 5.69 Å². The zero-order valence-electron chi connectivity index (χ0n) is 14.5. The molecule has 0 saturated heterocycles. The van der Waals surface area contributed by atoms with Gasteiger partial charge in [0, 0.05) is 11.8 Å². The highest BCUT2D eigenvalue weighted by Gasteiger charge is 2.15. The van der Waals surface area contributed by atoms with Crippen molar-refractivity contribution in [1.82, 2.24) is 9.38 Å². The molecule has 4 aromatic rings. The lowest BCUT2D eigenvalue weighted by atomic mass is 10.0. The predicted molar refractivity (Wildman–Crippen MR) is 101 cm³/mol. The first-order valence-electron chi connectivity index (χ1n) is 8.34. The van der Waals surface area contributed by atoms with Crippen LogP contribution in [0.1, 0.15) is 11.1 Å². The fourth-order valence-corrected chi connectivity index (χ4v) is 2.97. The first-order valence-corrected chi connectivity index (χ1v) is 8.34. The van der Waals surface area contributed by atoms with Gasteiger partial charge >= 0.3 is 0 Å². The van der Waals surface area contributed by atoms with Gasteiger partial charge in [0.15, 0.2) is 11.6 Å². The SMILES string of the molecule is Cc1ccc(-c2nc3ccccn3c2N=Nc2ccccc2F)c(C)c1. The molecule has 0 amide bonds. The van der Waals surface area contributed by atoms with E-state index in [9.17, 15) is 4.39 Å². The van der Waals surface area contributed by atoms with Crippen molar-refractivity contribution in [3.63, 3.8) is 0 Å². The molecule has 2 aromatic heterocycles. The second-order valence-corrected chi connectivity index (χ2v) is 6.18. The number of nitrogens with zero attached hydrogens (tertiary/aromatic N) is 4. The molecule has 0 saturated carbocycles. The van der Waals surface area contributed by atoms with Crippen LogP contribution in [0.3, 0.4) is 0 Å². The third-order valence-corrected chi connectivity index (χ3v) is 4.25. The maximum absolute atomic E-state index is 13.9. The van der Waals surface area contributed by atoms with Gasteiger partial charge in [-0.3, -0.25) is 4.40 Å². The van der Waals surface area contributed by atoms with Gasteiger partial charge < -0.3 is 0 Å². The number of imidazole rings is 1. The number of pyridine rings is 1. The van der Waals surface area contributed by atoms with Gasteiger partial charge in [-0.05, 0) is 43.7 Å². The van der Waals surface area contributed by atoms with E-state index in [0.29, 0.717) is 5.82 Å². The van der Waals surface area contributed by atoms with Crippen molar-refractivity contribution in [2.75, 3.05) is 0 Å². The summed E-state index contributed by atoms with van der Waals surface area (Å²) in [6.07, 6.45) is 1.88. The molecule has 0 N–H and O–H groups in total. The Labute approximate surface area is 150 Å². The Morgan fingerprint density at radius 1 is 0.923 bits per heavy atom. The summed E-state index contributed by atoms with van der Waals surface area (Å²) in [7, 11) is 0. The molecule has 4 nitrogen and oxygen atoms in total. The summed E-state index contributed by atoms with van der Waals surface area (Å²) in [5.74, 6) is 0.175. The number of aromatic nitrogens is 2. The Bertz CT molecular complexity index is 1130. The monoisotopic (exact) mass is 344 g/mol. The maximum atomic E-state index is 13.9. The number of aryl methyl sites for hydroxylation is 2. The number of rotatable bonds is 3. The highest BCUT2D eigenvalue weighted by atomic mass is 19.1. The van der Waals surface area contributed by atoms with Gasteiger partial charge in [0.2, 0.25) is 0 Å². The van der Waals surface area contributed by atoms with Crippen LogP contribution in [-0.4, -0.2) is 9.38 Å². The second-order valence-electron chi connectivity index (χ2n) is 6.18. The van der Waals surface area contributed by atoms with E-state index in [2.05, 4.69) is 23.2 Å². The van der Waals surface area contributed by atoms with Crippen molar-refractivity contribution in [2.24, 2.45) is 10.2 Å². The number of fused-ring (bicyclic) bond motifs is 1. The second kappa shape index (κ2) is 6.52. The van der Waals surface area contributed by atoms with Crippen LogP contribution in [0.5, 0.6) is 0 Å². The molecule has 0 unspecified atom stereocenters. The normalized spacial score (nSPS) is 11.5. The molecule has 2 aromatic carbocycles. The van der Waals surface area contributed by atoms with Gasteiger partial charge in [0.25, 0.3) is 0 Å². The summed E-state index contributed by atoms with van der Waals surface area (Å²) < 4.78 is 15.7. The van der Waals surface area contributed by atoms with Crippen LogP contribution in [0.25, 0.3) is 16.9 Å². The predicted octanol–water partition coefficient (Wildman–Crippen LogP) is 6.17. The summed E-state index contributed by atoms with van der Waals surface area (Å²) in [5.41, 5.74) is 4.98. The van der Waals surface area contributed by atoms with E-state index in [1.165, 1.54) is 11.6 Å². The van der Waals surface area contributed by atoms with Gasteiger partial charge in [-0.15, -0.1) is 10.2 Å².